The Morgan fingerprint density at radius 1 is 1.35 bits per heavy atom. The number of hydrogen-bond donors (Lipinski definition) is 2. The van der Waals surface area contributed by atoms with Crippen molar-refractivity contribution in [3.8, 4) is 5.75 Å². The van der Waals surface area contributed by atoms with Gasteiger partial charge >= 0.3 is 5.97 Å². The molecule has 7 heteroatoms. The maximum absolute atomic E-state index is 11.9. The van der Waals surface area contributed by atoms with Crippen molar-refractivity contribution in [2.45, 2.75) is 20.4 Å². The number of nitrogens with one attached hydrogen (secondary N) is 1. The number of nitrogens with zero attached hydrogens (tertiary/aromatic N) is 2. The summed E-state index contributed by atoms with van der Waals surface area (Å²) in [6.07, 6.45) is 0. The van der Waals surface area contributed by atoms with E-state index in [1.807, 2.05) is 20.9 Å². The van der Waals surface area contributed by atoms with Crippen LogP contribution in [0.3, 0.4) is 0 Å². The minimum atomic E-state index is -0.996. The number of ether oxygens (including phenoxy) is 1. The smallest absolute Gasteiger partial charge is 0.335 e. The minimum Gasteiger partial charge on any atom is -0.480 e. The average Bonchev–Trinajstić information content (AvgIpc) is 2.76. The summed E-state index contributed by atoms with van der Waals surface area (Å²) in [6, 6.07) is 6.43. The molecule has 0 aliphatic heterocycles. The van der Waals surface area contributed by atoms with E-state index >= 15 is 0 Å². The van der Waals surface area contributed by atoms with Crippen LogP contribution in [0.4, 0.5) is 0 Å². The van der Waals surface area contributed by atoms with E-state index in [-0.39, 0.29) is 24.6 Å². The third kappa shape index (κ3) is 4.09. The van der Waals surface area contributed by atoms with Crippen molar-refractivity contribution < 1.29 is 19.4 Å². The number of rotatable bonds is 6. The quantitative estimate of drug-likeness (QED) is 0.840. The lowest BCUT2D eigenvalue weighted by Crippen LogP contribution is -2.28. The van der Waals surface area contributed by atoms with Gasteiger partial charge in [-0.05, 0) is 31.5 Å². The Labute approximate surface area is 133 Å². The standard InChI is InChI=1S/C16H19N3O4/c1-10-15(11(2)19(3)18-10)23-9-14(20)17-8-12-5-4-6-13(7-12)16(21)22/h4-7H,8-9H2,1-3H3,(H,17,20)(H,21,22). The van der Waals surface area contributed by atoms with E-state index in [2.05, 4.69) is 10.4 Å². The molecule has 0 fully saturated rings. The van der Waals surface area contributed by atoms with Crippen LogP contribution in [0.1, 0.15) is 27.3 Å². The molecule has 2 N–H and O–H groups in total. The summed E-state index contributed by atoms with van der Waals surface area (Å²) >= 11 is 0. The third-order valence-corrected chi connectivity index (χ3v) is 3.45. The van der Waals surface area contributed by atoms with Crippen LogP contribution < -0.4 is 10.1 Å². The fraction of sp³-hybridized carbons (Fsp3) is 0.312. The van der Waals surface area contributed by atoms with Crippen molar-refractivity contribution in [2.24, 2.45) is 7.05 Å². The van der Waals surface area contributed by atoms with Gasteiger partial charge in [0, 0.05) is 13.6 Å². The largest absolute Gasteiger partial charge is 0.480 e. The van der Waals surface area contributed by atoms with Gasteiger partial charge in [-0.15, -0.1) is 0 Å². The first-order valence-corrected chi connectivity index (χ1v) is 7.10. The van der Waals surface area contributed by atoms with Crippen molar-refractivity contribution >= 4 is 11.9 Å². The van der Waals surface area contributed by atoms with Crippen molar-refractivity contribution in [3.05, 3.63) is 46.8 Å². The summed E-state index contributed by atoms with van der Waals surface area (Å²) in [5, 5.41) is 15.8. The number of carboxylic acids is 1. The summed E-state index contributed by atoms with van der Waals surface area (Å²) < 4.78 is 7.21. The molecule has 0 aliphatic carbocycles. The molecule has 0 unspecified atom stereocenters. The Balaban J connectivity index is 1.88. The molecule has 23 heavy (non-hydrogen) atoms. The lowest BCUT2D eigenvalue weighted by molar-refractivity contribution is -0.123. The Morgan fingerprint density at radius 2 is 2.09 bits per heavy atom. The Morgan fingerprint density at radius 3 is 2.70 bits per heavy atom. The summed E-state index contributed by atoms with van der Waals surface area (Å²) in [4.78, 5) is 22.8. The van der Waals surface area contributed by atoms with Crippen molar-refractivity contribution in [3.63, 3.8) is 0 Å². The molecule has 0 radical (unpaired) electrons. The van der Waals surface area contributed by atoms with Crippen LogP contribution in [0.15, 0.2) is 24.3 Å². The molecule has 0 saturated heterocycles. The molecule has 0 spiro atoms. The summed E-state index contributed by atoms with van der Waals surface area (Å²) in [6.45, 7) is 3.81. The molecule has 1 aromatic heterocycles. The molecular weight excluding hydrogens is 298 g/mol. The van der Waals surface area contributed by atoms with Crippen molar-refractivity contribution in [1.82, 2.24) is 15.1 Å². The predicted molar refractivity (Wildman–Crippen MR) is 83.4 cm³/mol. The van der Waals surface area contributed by atoms with Crippen LogP contribution in [-0.2, 0) is 18.4 Å². The van der Waals surface area contributed by atoms with Gasteiger partial charge in [0.25, 0.3) is 5.91 Å². The highest BCUT2D eigenvalue weighted by molar-refractivity contribution is 5.87. The van der Waals surface area contributed by atoms with Crippen LogP contribution in [0.25, 0.3) is 0 Å². The summed E-state index contributed by atoms with van der Waals surface area (Å²) in [5.74, 6) is -0.673. The highest BCUT2D eigenvalue weighted by Gasteiger charge is 2.12. The van der Waals surface area contributed by atoms with Gasteiger partial charge in [-0.3, -0.25) is 9.48 Å². The molecule has 2 aromatic rings. The zero-order chi connectivity index (χ0) is 17.0. The number of carbonyl (C=O) groups excluding carboxylic acids is 1. The molecular formula is C16H19N3O4. The van der Waals surface area contributed by atoms with E-state index in [1.54, 1.807) is 16.8 Å². The zero-order valence-electron chi connectivity index (χ0n) is 13.3. The molecule has 7 nitrogen and oxygen atoms in total. The molecule has 1 heterocycles. The van der Waals surface area contributed by atoms with E-state index in [0.29, 0.717) is 11.3 Å². The van der Waals surface area contributed by atoms with E-state index in [9.17, 15) is 9.59 Å². The molecule has 0 atom stereocenters. The second-order valence-electron chi connectivity index (χ2n) is 5.19. The second-order valence-corrected chi connectivity index (χ2v) is 5.19. The number of aromatic nitrogens is 2. The van der Waals surface area contributed by atoms with Gasteiger partial charge in [-0.1, -0.05) is 12.1 Å². The number of amides is 1. The first-order chi connectivity index (χ1) is 10.9. The van der Waals surface area contributed by atoms with Gasteiger partial charge in [0.15, 0.2) is 12.4 Å². The number of aryl methyl sites for hydroxylation is 2. The third-order valence-electron chi connectivity index (χ3n) is 3.45. The SMILES string of the molecule is Cc1nn(C)c(C)c1OCC(=O)NCc1cccc(C(=O)O)c1. The molecule has 0 saturated carbocycles. The van der Waals surface area contributed by atoms with Gasteiger partial charge in [-0.2, -0.15) is 5.10 Å². The molecule has 0 bridgehead atoms. The maximum atomic E-state index is 11.9. The molecule has 1 aromatic carbocycles. The fourth-order valence-electron chi connectivity index (χ4n) is 2.17. The zero-order valence-corrected chi connectivity index (χ0v) is 13.3. The van der Waals surface area contributed by atoms with Gasteiger partial charge < -0.3 is 15.2 Å². The molecule has 122 valence electrons. The van der Waals surface area contributed by atoms with Gasteiger partial charge in [0.2, 0.25) is 0 Å². The average molecular weight is 317 g/mol. The van der Waals surface area contributed by atoms with Gasteiger partial charge in [0.1, 0.15) is 5.69 Å². The summed E-state index contributed by atoms with van der Waals surface area (Å²) in [7, 11) is 1.81. The fourth-order valence-corrected chi connectivity index (χ4v) is 2.17. The highest BCUT2D eigenvalue weighted by atomic mass is 16.5. The maximum Gasteiger partial charge on any atom is 0.335 e. The molecule has 0 aliphatic rings. The topological polar surface area (TPSA) is 93.5 Å². The number of hydrogen-bond acceptors (Lipinski definition) is 4. The van der Waals surface area contributed by atoms with E-state index in [4.69, 9.17) is 9.84 Å². The van der Waals surface area contributed by atoms with Crippen LogP contribution in [-0.4, -0.2) is 33.4 Å². The highest BCUT2D eigenvalue weighted by Crippen LogP contribution is 2.20. The molecule has 1 amide bonds. The lowest BCUT2D eigenvalue weighted by Gasteiger charge is -2.08. The second kappa shape index (κ2) is 6.95. The predicted octanol–water partition coefficient (Wildman–Crippen LogP) is 1.43. The van der Waals surface area contributed by atoms with E-state index in [1.165, 1.54) is 12.1 Å². The van der Waals surface area contributed by atoms with Crippen LogP contribution >= 0.6 is 0 Å². The van der Waals surface area contributed by atoms with Crippen LogP contribution in [0.5, 0.6) is 5.75 Å². The minimum absolute atomic E-state index is 0.119. The monoisotopic (exact) mass is 317 g/mol. The van der Waals surface area contributed by atoms with E-state index in [0.717, 1.165) is 11.4 Å². The Kier molecular flexibility index (Phi) is 5.00. The Hall–Kier alpha value is -2.83. The van der Waals surface area contributed by atoms with Crippen LogP contribution in [0.2, 0.25) is 0 Å². The molecule has 2 rings (SSSR count). The first-order valence-electron chi connectivity index (χ1n) is 7.10. The first kappa shape index (κ1) is 16.5. The van der Waals surface area contributed by atoms with Crippen LogP contribution in [0, 0.1) is 13.8 Å². The number of carbonyl (C=O) groups is 2. The normalized spacial score (nSPS) is 10.4. The van der Waals surface area contributed by atoms with Crippen molar-refractivity contribution in [1.29, 1.82) is 0 Å². The van der Waals surface area contributed by atoms with E-state index < -0.39 is 5.97 Å². The number of carboxylic acid groups (broad SMARTS) is 1. The van der Waals surface area contributed by atoms with Gasteiger partial charge in [-0.25, -0.2) is 4.79 Å². The number of benzene rings is 1. The van der Waals surface area contributed by atoms with Gasteiger partial charge in [0.05, 0.1) is 11.3 Å². The summed E-state index contributed by atoms with van der Waals surface area (Å²) in [5.41, 5.74) is 2.48. The number of aromatic carboxylic acids is 1. The van der Waals surface area contributed by atoms with Crippen molar-refractivity contribution in [2.75, 3.05) is 6.61 Å². The lowest BCUT2D eigenvalue weighted by atomic mass is 10.1. The Bertz CT molecular complexity index is 737.